The molecule has 3 rings (SSSR count). The number of carboxylic acids is 1. The van der Waals surface area contributed by atoms with Crippen molar-refractivity contribution < 1.29 is 14.6 Å². The number of aromatic nitrogens is 2. The van der Waals surface area contributed by atoms with Crippen molar-refractivity contribution in [1.82, 2.24) is 9.38 Å². The van der Waals surface area contributed by atoms with Crippen LogP contribution < -0.4 is 4.74 Å². The zero-order chi connectivity index (χ0) is 15.7. The summed E-state index contributed by atoms with van der Waals surface area (Å²) in [4.78, 5) is 16.9. The molecule has 0 spiro atoms. The molecule has 0 amide bonds. The summed E-state index contributed by atoms with van der Waals surface area (Å²) in [5.41, 5.74) is 1.81. The van der Waals surface area contributed by atoms with Crippen molar-refractivity contribution in [3.63, 3.8) is 0 Å². The van der Waals surface area contributed by atoms with Crippen molar-refractivity contribution in [3.05, 3.63) is 39.9 Å². The van der Waals surface area contributed by atoms with Crippen LogP contribution in [0.25, 0.3) is 16.2 Å². The predicted molar refractivity (Wildman–Crippen MR) is 88.7 cm³/mol. The summed E-state index contributed by atoms with van der Waals surface area (Å²) in [5.74, 6) is -0.0260. The molecular weight excluding hydrogens is 368 g/mol. The molecule has 0 bridgehead atoms. The van der Waals surface area contributed by atoms with E-state index in [1.807, 2.05) is 41.9 Å². The maximum absolute atomic E-state index is 10.7. The van der Waals surface area contributed by atoms with Crippen LogP contribution in [0.5, 0.6) is 5.75 Å². The number of rotatable bonds is 5. The molecule has 0 aliphatic carbocycles. The van der Waals surface area contributed by atoms with Crippen LogP contribution in [-0.4, -0.2) is 27.1 Å². The Morgan fingerprint density at radius 3 is 2.91 bits per heavy atom. The minimum atomic E-state index is -0.834. The second-order valence-corrected chi connectivity index (χ2v) is 6.61. The minimum absolute atomic E-state index is 0.0239. The lowest BCUT2D eigenvalue weighted by molar-refractivity contribution is -0.136. The number of halogens is 1. The molecule has 22 heavy (non-hydrogen) atoms. The van der Waals surface area contributed by atoms with Crippen LogP contribution in [0.3, 0.4) is 0 Å². The molecule has 114 valence electrons. The van der Waals surface area contributed by atoms with Gasteiger partial charge >= 0.3 is 5.97 Å². The van der Waals surface area contributed by atoms with Gasteiger partial charge in [-0.2, -0.15) is 0 Å². The third-order valence-electron chi connectivity index (χ3n) is 3.06. The zero-order valence-corrected chi connectivity index (χ0v) is 14.1. The first-order valence-electron chi connectivity index (χ1n) is 6.68. The summed E-state index contributed by atoms with van der Waals surface area (Å²) in [6.45, 7) is 2.57. The largest absolute Gasteiger partial charge is 0.494 e. The van der Waals surface area contributed by atoms with Crippen molar-refractivity contribution in [2.45, 2.75) is 13.3 Å². The van der Waals surface area contributed by atoms with E-state index in [1.54, 1.807) is 0 Å². The minimum Gasteiger partial charge on any atom is -0.494 e. The van der Waals surface area contributed by atoms with Crippen molar-refractivity contribution in [3.8, 4) is 17.0 Å². The van der Waals surface area contributed by atoms with Crippen LogP contribution >= 0.6 is 27.3 Å². The number of carboxylic acid groups (broad SMARTS) is 1. The fourth-order valence-electron chi connectivity index (χ4n) is 2.16. The average Bonchev–Trinajstić information content (AvgIpc) is 2.96. The molecule has 0 saturated heterocycles. The fraction of sp³-hybridized carbons (Fsp3) is 0.200. The highest BCUT2D eigenvalue weighted by Gasteiger charge is 2.12. The number of nitrogens with zero attached hydrogens (tertiary/aromatic N) is 2. The summed E-state index contributed by atoms with van der Waals surface area (Å²) >= 11 is 4.93. The average molecular weight is 381 g/mol. The van der Waals surface area contributed by atoms with Gasteiger partial charge < -0.3 is 9.84 Å². The third-order valence-corrected chi connectivity index (χ3v) is 4.71. The Labute approximate surface area is 139 Å². The molecule has 2 heterocycles. The van der Waals surface area contributed by atoms with Crippen molar-refractivity contribution >= 4 is 38.2 Å². The van der Waals surface area contributed by atoms with E-state index >= 15 is 0 Å². The van der Waals surface area contributed by atoms with Gasteiger partial charge in [-0.1, -0.05) is 0 Å². The van der Waals surface area contributed by atoms with Gasteiger partial charge in [-0.05, 0) is 41.1 Å². The predicted octanol–water partition coefficient (Wildman–Crippen LogP) is 3.85. The molecule has 1 aromatic carbocycles. The maximum atomic E-state index is 10.7. The van der Waals surface area contributed by atoms with E-state index in [0.29, 0.717) is 6.61 Å². The van der Waals surface area contributed by atoms with Crippen LogP contribution in [-0.2, 0) is 11.2 Å². The van der Waals surface area contributed by atoms with Gasteiger partial charge in [-0.25, -0.2) is 4.98 Å². The van der Waals surface area contributed by atoms with E-state index in [2.05, 4.69) is 20.9 Å². The molecule has 0 unspecified atom stereocenters. The van der Waals surface area contributed by atoms with E-state index in [1.165, 1.54) is 11.3 Å². The second kappa shape index (κ2) is 6.10. The van der Waals surface area contributed by atoms with E-state index in [-0.39, 0.29) is 6.42 Å². The number of thiazole rings is 1. The van der Waals surface area contributed by atoms with Crippen LogP contribution in [0.1, 0.15) is 11.8 Å². The molecule has 0 saturated carbocycles. The Morgan fingerprint density at radius 1 is 1.45 bits per heavy atom. The van der Waals surface area contributed by atoms with Gasteiger partial charge in [0.1, 0.15) is 5.75 Å². The normalized spacial score (nSPS) is 11.0. The molecule has 0 aliphatic heterocycles. The Kier molecular flexibility index (Phi) is 4.17. The maximum Gasteiger partial charge on any atom is 0.308 e. The molecule has 0 fully saturated rings. The van der Waals surface area contributed by atoms with Crippen molar-refractivity contribution in [2.24, 2.45) is 0 Å². The Bertz CT molecular complexity index is 809. The Hall–Kier alpha value is -1.86. The van der Waals surface area contributed by atoms with Gasteiger partial charge in [-0.3, -0.25) is 9.20 Å². The lowest BCUT2D eigenvalue weighted by atomic mass is 10.1. The summed E-state index contributed by atoms with van der Waals surface area (Å²) in [7, 11) is 0. The molecular formula is C15H13BrN2O3S. The van der Waals surface area contributed by atoms with E-state index in [0.717, 1.165) is 31.3 Å². The van der Waals surface area contributed by atoms with Gasteiger partial charge in [0.05, 0.1) is 18.7 Å². The molecule has 5 nitrogen and oxygen atoms in total. The van der Waals surface area contributed by atoms with Crippen LogP contribution in [0.2, 0.25) is 0 Å². The fourth-order valence-corrected chi connectivity index (χ4v) is 3.68. The number of hydrogen-bond acceptors (Lipinski definition) is 4. The molecule has 0 atom stereocenters. The first kappa shape index (κ1) is 15.1. The van der Waals surface area contributed by atoms with Crippen molar-refractivity contribution in [2.75, 3.05) is 6.61 Å². The van der Waals surface area contributed by atoms with Gasteiger partial charge in [-0.15, -0.1) is 11.3 Å². The molecule has 1 N–H and O–H groups in total. The van der Waals surface area contributed by atoms with E-state index in [4.69, 9.17) is 9.84 Å². The second-order valence-electron chi connectivity index (χ2n) is 4.66. The third kappa shape index (κ3) is 3.00. The van der Waals surface area contributed by atoms with Gasteiger partial charge in [0.15, 0.2) is 4.96 Å². The SMILES string of the molecule is CCOc1ccc(-c2cn3cc(CC(=O)O)sc3n2)c(Br)c1. The van der Waals surface area contributed by atoms with E-state index in [9.17, 15) is 4.79 Å². The van der Waals surface area contributed by atoms with Gasteiger partial charge in [0.2, 0.25) is 0 Å². The number of hydrogen-bond donors (Lipinski definition) is 1. The van der Waals surface area contributed by atoms with Crippen LogP contribution in [0.4, 0.5) is 0 Å². The lowest BCUT2D eigenvalue weighted by Crippen LogP contribution is -1.97. The standard InChI is InChI=1S/C15H13BrN2O3S/c1-2-21-9-3-4-11(12(16)5-9)13-8-18-7-10(6-14(19)20)22-15(18)17-13/h3-5,7-8H,2,6H2,1H3,(H,19,20). The molecule has 3 aromatic rings. The summed E-state index contributed by atoms with van der Waals surface area (Å²) in [6, 6.07) is 5.79. The van der Waals surface area contributed by atoms with Crippen LogP contribution in [0.15, 0.2) is 35.1 Å². The number of imidazole rings is 1. The lowest BCUT2D eigenvalue weighted by Gasteiger charge is -2.06. The molecule has 0 radical (unpaired) electrons. The smallest absolute Gasteiger partial charge is 0.308 e. The first-order valence-corrected chi connectivity index (χ1v) is 8.29. The van der Waals surface area contributed by atoms with E-state index < -0.39 is 5.97 Å². The number of carbonyl (C=O) groups is 1. The molecule has 0 aliphatic rings. The number of fused-ring (bicyclic) bond motifs is 1. The Balaban J connectivity index is 1.93. The van der Waals surface area contributed by atoms with Gasteiger partial charge in [0.25, 0.3) is 0 Å². The number of aliphatic carboxylic acids is 1. The van der Waals surface area contributed by atoms with Gasteiger partial charge in [0, 0.05) is 27.3 Å². The van der Waals surface area contributed by atoms with Crippen molar-refractivity contribution in [1.29, 1.82) is 0 Å². The van der Waals surface area contributed by atoms with Crippen LogP contribution in [0, 0.1) is 0 Å². The monoisotopic (exact) mass is 380 g/mol. The summed E-state index contributed by atoms with van der Waals surface area (Å²) < 4.78 is 8.24. The zero-order valence-electron chi connectivity index (χ0n) is 11.7. The summed E-state index contributed by atoms with van der Waals surface area (Å²) in [5, 5.41) is 8.83. The first-order chi connectivity index (χ1) is 10.6. The number of ether oxygens (including phenoxy) is 1. The highest BCUT2D eigenvalue weighted by atomic mass is 79.9. The highest BCUT2D eigenvalue weighted by molar-refractivity contribution is 9.10. The number of benzene rings is 1. The molecule has 7 heteroatoms. The summed E-state index contributed by atoms with van der Waals surface area (Å²) in [6.07, 6.45) is 3.74. The highest BCUT2D eigenvalue weighted by Crippen LogP contribution is 2.32. The topological polar surface area (TPSA) is 63.8 Å². The Morgan fingerprint density at radius 2 is 2.27 bits per heavy atom. The molecule has 2 aromatic heterocycles. The quantitative estimate of drug-likeness (QED) is 0.729.